The lowest BCUT2D eigenvalue weighted by Gasteiger charge is -2.27. The molecule has 0 saturated carbocycles. The van der Waals surface area contributed by atoms with E-state index in [0.29, 0.717) is 5.75 Å². The number of carboxylic acids is 1. The van der Waals surface area contributed by atoms with Crippen molar-refractivity contribution in [3.63, 3.8) is 0 Å². The van der Waals surface area contributed by atoms with Gasteiger partial charge in [-0.3, -0.25) is 0 Å². The Morgan fingerprint density at radius 1 is 1.12 bits per heavy atom. The summed E-state index contributed by atoms with van der Waals surface area (Å²) in [5.41, 5.74) is 1.76. The maximum Gasteiger partial charge on any atom is 0.335 e. The van der Waals surface area contributed by atoms with Gasteiger partial charge in [0.1, 0.15) is 5.75 Å². The van der Waals surface area contributed by atoms with Crippen molar-refractivity contribution in [1.29, 1.82) is 0 Å². The smallest absolute Gasteiger partial charge is 0.335 e. The molecule has 0 heterocycles. The fourth-order valence-electron chi connectivity index (χ4n) is 2.49. The van der Waals surface area contributed by atoms with Crippen LogP contribution in [0.5, 0.6) is 5.75 Å². The lowest BCUT2D eigenvalue weighted by molar-refractivity contribution is 0.0697. The van der Waals surface area contributed by atoms with Crippen molar-refractivity contribution < 1.29 is 24.5 Å². The van der Waals surface area contributed by atoms with E-state index in [0.717, 1.165) is 11.1 Å². The molecule has 26 heavy (non-hydrogen) atoms. The van der Waals surface area contributed by atoms with Gasteiger partial charge in [0.05, 0.1) is 25.3 Å². The van der Waals surface area contributed by atoms with E-state index in [1.807, 2.05) is 0 Å². The number of rotatable bonds is 7. The number of hydrogen-bond acceptors (Lipinski definition) is 4. The number of amides is 2. The molecule has 0 bridgehead atoms. The average Bonchev–Trinajstić information content (AvgIpc) is 2.67. The fourth-order valence-corrected chi connectivity index (χ4v) is 2.49. The van der Waals surface area contributed by atoms with Crippen LogP contribution in [0.15, 0.2) is 48.5 Å². The Morgan fingerprint density at radius 2 is 1.73 bits per heavy atom. The molecule has 0 fully saturated rings. The number of hydrogen-bond donors (Lipinski definition) is 3. The van der Waals surface area contributed by atoms with Crippen LogP contribution in [0.3, 0.4) is 0 Å². The third-order valence-corrected chi connectivity index (χ3v) is 4.11. The van der Waals surface area contributed by atoms with E-state index in [9.17, 15) is 14.7 Å². The summed E-state index contributed by atoms with van der Waals surface area (Å²) >= 11 is 0. The van der Waals surface area contributed by atoms with Gasteiger partial charge in [0.2, 0.25) is 0 Å². The summed E-state index contributed by atoms with van der Waals surface area (Å²) in [4.78, 5) is 24.6. The van der Waals surface area contributed by atoms with Gasteiger partial charge in [-0.05, 0) is 35.4 Å². The molecule has 0 aliphatic carbocycles. The number of likely N-dealkylation sites (N-methyl/N-ethyl adjacent to an activating group) is 1. The molecule has 7 heteroatoms. The monoisotopic (exact) mass is 358 g/mol. The van der Waals surface area contributed by atoms with Gasteiger partial charge in [-0.1, -0.05) is 24.3 Å². The second kappa shape index (κ2) is 8.87. The first-order valence-electron chi connectivity index (χ1n) is 8.04. The molecule has 1 unspecified atom stereocenters. The standard InChI is InChI=1S/C19H22N2O5/c1-21(17(12-22)14-7-9-16(26-2)10-8-14)19(25)20-11-13-3-5-15(6-4-13)18(23)24/h3-10,17,22H,11-12H2,1-2H3,(H,20,25)(H,23,24). The number of ether oxygens (including phenoxy) is 1. The molecule has 2 amide bonds. The van der Waals surface area contributed by atoms with Crippen molar-refractivity contribution >= 4 is 12.0 Å². The second-order valence-corrected chi connectivity index (χ2v) is 5.74. The van der Waals surface area contributed by atoms with Crippen LogP contribution >= 0.6 is 0 Å². The van der Waals surface area contributed by atoms with Crippen molar-refractivity contribution in [3.05, 3.63) is 65.2 Å². The van der Waals surface area contributed by atoms with Crippen molar-refractivity contribution in [2.24, 2.45) is 0 Å². The highest BCUT2D eigenvalue weighted by Crippen LogP contribution is 2.22. The van der Waals surface area contributed by atoms with Gasteiger partial charge in [-0.15, -0.1) is 0 Å². The van der Waals surface area contributed by atoms with E-state index in [2.05, 4.69) is 5.32 Å². The molecule has 0 aromatic heterocycles. The summed E-state index contributed by atoms with van der Waals surface area (Å²) in [6.45, 7) is 0.0351. The van der Waals surface area contributed by atoms with Gasteiger partial charge in [0.15, 0.2) is 0 Å². The summed E-state index contributed by atoms with van der Waals surface area (Å²) in [7, 11) is 3.18. The highest BCUT2D eigenvalue weighted by molar-refractivity contribution is 5.87. The minimum atomic E-state index is -0.995. The van der Waals surface area contributed by atoms with E-state index >= 15 is 0 Å². The quantitative estimate of drug-likeness (QED) is 0.705. The number of benzene rings is 2. The Bertz CT molecular complexity index is 744. The van der Waals surface area contributed by atoms with Gasteiger partial charge in [0.25, 0.3) is 0 Å². The number of carbonyl (C=O) groups excluding carboxylic acids is 1. The number of carboxylic acid groups (broad SMARTS) is 1. The Kier molecular flexibility index (Phi) is 6.57. The summed E-state index contributed by atoms with van der Waals surface area (Å²) in [5.74, 6) is -0.298. The van der Waals surface area contributed by atoms with E-state index in [4.69, 9.17) is 9.84 Å². The number of urea groups is 1. The number of methoxy groups -OCH3 is 1. The van der Waals surface area contributed by atoms with Crippen LogP contribution in [-0.2, 0) is 6.54 Å². The molecule has 0 radical (unpaired) electrons. The zero-order valence-electron chi connectivity index (χ0n) is 14.7. The molecule has 2 aromatic carbocycles. The summed E-state index contributed by atoms with van der Waals surface area (Å²) in [5, 5.41) is 21.3. The van der Waals surface area contributed by atoms with E-state index in [-0.39, 0.29) is 24.7 Å². The predicted molar refractivity (Wildman–Crippen MR) is 96.2 cm³/mol. The largest absolute Gasteiger partial charge is 0.497 e. The van der Waals surface area contributed by atoms with E-state index in [1.165, 1.54) is 17.0 Å². The summed E-state index contributed by atoms with van der Waals surface area (Å²) < 4.78 is 5.11. The molecule has 138 valence electrons. The molecule has 0 spiro atoms. The van der Waals surface area contributed by atoms with Crippen molar-refractivity contribution in [1.82, 2.24) is 10.2 Å². The first-order chi connectivity index (χ1) is 12.5. The SMILES string of the molecule is COc1ccc(C(CO)N(C)C(=O)NCc2ccc(C(=O)O)cc2)cc1. The maximum atomic E-state index is 12.4. The van der Waals surface area contributed by atoms with Crippen LogP contribution in [0.4, 0.5) is 4.79 Å². The lowest BCUT2D eigenvalue weighted by atomic mass is 10.1. The number of aliphatic hydroxyl groups excluding tert-OH is 1. The Labute approximate surface area is 151 Å². The van der Waals surface area contributed by atoms with Gasteiger partial charge in [-0.2, -0.15) is 0 Å². The van der Waals surface area contributed by atoms with Crippen LogP contribution in [-0.4, -0.2) is 47.9 Å². The van der Waals surface area contributed by atoms with Crippen LogP contribution in [0.25, 0.3) is 0 Å². The van der Waals surface area contributed by atoms with Gasteiger partial charge in [-0.25, -0.2) is 9.59 Å². The molecule has 7 nitrogen and oxygen atoms in total. The van der Waals surface area contributed by atoms with E-state index in [1.54, 1.807) is 50.6 Å². The molecule has 0 saturated heterocycles. The molecule has 2 rings (SSSR count). The highest BCUT2D eigenvalue weighted by Gasteiger charge is 2.21. The van der Waals surface area contributed by atoms with Crippen molar-refractivity contribution in [3.8, 4) is 5.75 Å². The Balaban J connectivity index is 1.98. The average molecular weight is 358 g/mol. The predicted octanol–water partition coefficient (Wildman–Crippen LogP) is 2.27. The molecule has 0 aliphatic heterocycles. The molecular weight excluding hydrogens is 336 g/mol. The van der Waals surface area contributed by atoms with Gasteiger partial charge in [0, 0.05) is 13.6 Å². The number of nitrogens with one attached hydrogen (secondary N) is 1. The number of nitrogens with zero attached hydrogens (tertiary/aromatic N) is 1. The Morgan fingerprint density at radius 3 is 2.23 bits per heavy atom. The number of aromatic carboxylic acids is 1. The molecule has 1 atom stereocenters. The van der Waals surface area contributed by atoms with Crippen molar-refractivity contribution in [2.45, 2.75) is 12.6 Å². The molecule has 3 N–H and O–H groups in total. The molecule has 0 aliphatic rings. The zero-order valence-corrected chi connectivity index (χ0v) is 14.7. The normalized spacial score (nSPS) is 11.5. The highest BCUT2D eigenvalue weighted by atomic mass is 16.5. The third-order valence-electron chi connectivity index (χ3n) is 4.11. The summed E-state index contributed by atoms with van der Waals surface area (Å²) in [6.07, 6.45) is 0. The van der Waals surface area contributed by atoms with Crippen LogP contribution in [0, 0.1) is 0 Å². The van der Waals surface area contributed by atoms with Gasteiger partial charge >= 0.3 is 12.0 Å². The fraction of sp³-hybridized carbons (Fsp3) is 0.263. The van der Waals surface area contributed by atoms with Crippen LogP contribution in [0.2, 0.25) is 0 Å². The topological polar surface area (TPSA) is 99.1 Å². The molecular formula is C19H22N2O5. The lowest BCUT2D eigenvalue weighted by Crippen LogP contribution is -2.40. The Hall–Kier alpha value is -3.06. The van der Waals surface area contributed by atoms with Crippen molar-refractivity contribution in [2.75, 3.05) is 20.8 Å². The first kappa shape index (κ1) is 19.3. The first-order valence-corrected chi connectivity index (χ1v) is 8.04. The van der Waals surface area contributed by atoms with E-state index < -0.39 is 12.0 Å². The van der Waals surface area contributed by atoms with Crippen LogP contribution in [0.1, 0.15) is 27.5 Å². The zero-order chi connectivity index (χ0) is 19.1. The number of carbonyl (C=O) groups is 2. The molecule has 2 aromatic rings. The summed E-state index contributed by atoms with van der Waals surface area (Å²) in [6, 6.07) is 12.6. The third kappa shape index (κ3) is 4.73. The van der Waals surface area contributed by atoms with Crippen LogP contribution < -0.4 is 10.1 Å². The number of aliphatic hydroxyl groups is 1. The minimum absolute atomic E-state index is 0.192. The van der Waals surface area contributed by atoms with Gasteiger partial charge < -0.3 is 25.2 Å². The minimum Gasteiger partial charge on any atom is -0.497 e. The second-order valence-electron chi connectivity index (χ2n) is 5.74. The maximum absolute atomic E-state index is 12.4.